The zero-order chi connectivity index (χ0) is 16.7. The summed E-state index contributed by atoms with van der Waals surface area (Å²) in [6.07, 6.45) is 1.54. The number of rotatable bonds is 3. The van der Waals surface area contributed by atoms with Gasteiger partial charge in [-0.25, -0.2) is 4.98 Å². The zero-order valence-corrected chi connectivity index (χ0v) is 15.1. The average molecular weight is 340 g/mol. The van der Waals surface area contributed by atoms with E-state index in [0.717, 1.165) is 11.5 Å². The average Bonchev–Trinajstić information content (AvgIpc) is 2.91. The first-order valence-corrected chi connectivity index (χ1v) is 8.24. The molecule has 0 unspecified atom stereocenters. The highest BCUT2D eigenvalue weighted by Gasteiger charge is 2.13. The lowest BCUT2D eigenvalue weighted by Crippen LogP contribution is -2.11. The smallest absolute Gasteiger partial charge is 0.267 e. The first kappa shape index (κ1) is 18.5. The quantitative estimate of drug-likeness (QED) is 0.821. The van der Waals surface area contributed by atoms with Crippen molar-refractivity contribution < 1.29 is 4.79 Å². The van der Waals surface area contributed by atoms with Gasteiger partial charge in [0, 0.05) is 7.05 Å². The molecule has 0 spiro atoms. The summed E-state index contributed by atoms with van der Waals surface area (Å²) < 4.78 is 0. The minimum atomic E-state index is -0.204. The Balaban J connectivity index is 0.000000541. The second kappa shape index (κ2) is 8.76. The van der Waals surface area contributed by atoms with Crippen LogP contribution in [-0.4, -0.2) is 17.9 Å². The van der Waals surface area contributed by atoms with Gasteiger partial charge in [-0.1, -0.05) is 55.8 Å². The summed E-state index contributed by atoms with van der Waals surface area (Å²) in [4.78, 5) is 16.6. The van der Waals surface area contributed by atoms with Crippen molar-refractivity contribution in [1.82, 2.24) is 4.98 Å². The van der Waals surface area contributed by atoms with Gasteiger partial charge in [0.25, 0.3) is 5.91 Å². The van der Waals surface area contributed by atoms with Crippen LogP contribution in [0.2, 0.25) is 5.02 Å². The van der Waals surface area contributed by atoms with Crippen molar-refractivity contribution >= 4 is 39.7 Å². The summed E-state index contributed by atoms with van der Waals surface area (Å²) in [7, 11) is 1.76. The molecular weight excluding hydrogens is 318 g/mol. The lowest BCUT2D eigenvalue weighted by molar-refractivity contribution is 0.103. The van der Waals surface area contributed by atoms with Crippen molar-refractivity contribution in [2.45, 2.75) is 27.7 Å². The Morgan fingerprint density at radius 3 is 2.45 bits per heavy atom. The molecule has 0 bridgehead atoms. The molecule has 0 aliphatic heterocycles. The SMILES string of the molecule is CC(C)C.CNc1ncc(C(=O)Nc2c(C)cccc2Cl)s1. The highest BCUT2D eigenvalue weighted by molar-refractivity contribution is 7.17. The molecule has 0 atom stereocenters. The van der Waals surface area contributed by atoms with Gasteiger partial charge in [0.2, 0.25) is 0 Å². The maximum Gasteiger partial charge on any atom is 0.267 e. The molecule has 0 aliphatic carbocycles. The summed E-state index contributed by atoms with van der Waals surface area (Å²) in [5.74, 6) is 0.630. The third-order valence-electron chi connectivity index (χ3n) is 2.40. The minimum absolute atomic E-state index is 0.204. The highest BCUT2D eigenvalue weighted by Crippen LogP contribution is 2.26. The van der Waals surface area contributed by atoms with Crippen molar-refractivity contribution in [2.75, 3.05) is 17.7 Å². The number of hydrogen-bond donors (Lipinski definition) is 2. The van der Waals surface area contributed by atoms with Crippen LogP contribution in [0.25, 0.3) is 0 Å². The van der Waals surface area contributed by atoms with Crippen LogP contribution in [0.5, 0.6) is 0 Å². The zero-order valence-electron chi connectivity index (χ0n) is 13.5. The summed E-state index contributed by atoms with van der Waals surface area (Å²) in [6, 6.07) is 5.49. The van der Waals surface area contributed by atoms with Crippen molar-refractivity contribution in [1.29, 1.82) is 0 Å². The van der Waals surface area contributed by atoms with E-state index < -0.39 is 0 Å². The van der Waals surface area contributed by atoms with Crippen LogP contribution < -0.4 is 10.6 Å². The number of halogens is 1. The first-order valence-electron chi connectivity index (χ1n) is 7.05. The number of thiazole rings is 1. The Hall–Kier alpha value is -1.59. The number of para-hydroxylation sites is 1. The molecule has 6 heteroatoms. The van der Waals surface area contributed by atoms with Gasteiger partial charge in [0.15, 0.2) is 5.13 Å². The number of carbonyl (C=O) groups is 1. The van der Waals surface area contributed by atoms with Gasteiger partial charge in [0.1, 0.15) is 4.88 Å². The van der Waals surface area contributed by atoms with Gasteiger partial charge in [0.05, 0.1) is 16.9 Å². The molecular formula is C16H22ClN3OS. The van der Waals surface area contributed by atoms with Gasteiger partial charge in [-0.3, -0.25) is 4.79 Å². The lowest BCUT2D eigenvalue weighted by atomic mass is 10.2. The van der Waals surface area contributed by atoms with E-state index in [4.69, 9.17) is 11.6 Å². The fourth-order valence-corrected chi connectivity index (χ4v) is 2.39. The number of nitrogens with one attached hydrogen (secondary N) is 2. The Morgan fingerprint density at radius 1 is 1.32 bits per heavy atom. The van der Waals surface area contributed by atoms with E-state index in [-0.39, 0.29) is 5.91 Å². The van der Waals surface area contributed by atoms with Crippen molar-refractivity contribution in [2.24, 2.45) is 5.92 Å². The Labute approximate surface area is 140 Å². The molecule has 1 amide bonds. The third kappa shape index (κ3) is 5.66. The van der Waals surface area contributed by atoms with Gasteiger partial charge in [-0.2, -0.15) is 0 Å². The molecule has 2 aromatic rings. The van der Waals surface area contributed by atoms with E-state index in [0.29, 0.717) is 20.7 Å². The standard InChI is InChI=1S/C12H12ClN3OS.C4H10/c1-7-4-3-5-8(13)10(7)16-11(17)9-6-15-12(14-2)18-9;1-4(2)3/h3-6H,1-2H3,(H,14,15)(H,16,17);4H,1-3H3. The van der Waals surface area contributed by atoms with Crippen molar-refractivity contribution in [3.63, 3.8) is 0 Å². The monoisotopic (exact) mass is 339 g/mol. The maximum atomic E-state index is 12.0. The van der Waals surface area contributed by atoms with Crippen LogP contribution in [0, 0.1) is 12.8 Å². The molecule has 2 N–H and O–H groups in total. The van der Waals surface area contributed by atoms with Gasteiger partial charge >= 0.3 is 0 Å². The van der Waals surface area contributed by atoms with Gasteiger partial charge in [-0.05, 0) is 24.5 Å². The van der Waals surface area contributed by atoms with Gasteiger partial charge < -0.3 is 10.6 Å². The van der Waals surface area contributed by atoms with Crippen LogP contribution in [0.15, 0.2) is 24.4 Å². The Bertz CT molecular complexity index is 603. The molecule has 1 aromatic heterocycles. The molecule has 0 saturated heterocycles. The Kier molecular flexibility index (Phi) is 7.35. The van der Waals surface area contributed by atoms with Crippen molar-refractivity contribution in [3.05, 3.63) is 39.9 Å². The van der Waals surface area contributed by atoms with Crippen LogP contribution in [0.3, 0.4) is 0 Å². The summed E-state index contributed by atoms with van der Waals surface area (Å²) >= 11 is 7.35. The summed E-state index contributed by atoms with van der Waals surface area (Å²) in [6.45, 7) is 8.40. The molecule has 4 nitrogen and oxygen atoms in total. The van der Waals surface area contributed by atoms with Crippen LogP contribution in [0.1, 0.15) is 36.0 Å². The normalized spacial score (nSPS) is 9.95. The molecule has 1 heterocycles. The fraction of sp³-hybridized carbons (Fsp3) is 0.375. The predicted molar refractivity (Wildman–Crippen MR) is 96.3 cm³/mol. The molecule has 0 fully saturated rings. The number of anilines is 2. The van der Waals surface area contributed by atoms with E-state index in [9.17, 15) is 4.79 Å². The lowest BCUT2D eigenvalue weighted by Gasteiger charge is -2.08. The molecule has 0 saturated carbocycles. The number of nitrogens with zero attached hydrogens (tertiary/aromatic N) is 1. The molecule has 22 heavy (non-hydrogen) atoms. The van der Waals surface area contributed by atoms with Crippen LogP contribution in [-0.2, 0) is 0 Å². The van der Waals surface area contributed by atoms with E-state index in [1.807, 2.05) is 19.1 Å². The van der Waals surface area contributed by atoms with E-state index in [2.05, 4.69) is 36.4 Å². The summed E-state index contributed by atoms with van der Waals surface area (Å²) in [5, 5.41) is 6.93. The largest absolute Gasteiger partial charge is 0.365 e. The maximum absolute atomic E-state index is 12.0. The number of benzene rings is 1. The molecule has 120 valence electrons. The number of amides is 1. The predicted octanol–water partition coefficient (Wildman–Crippen LogP) is 5.06. The number of aromatic nitrogens is 1. The molecule has 2 rings (SSSR count). The summed E-state index contributed by atoms with van der Waals surface area (Å²) in [5.41, 5.74) is 1.57. The third-order valence-corrected chi connectivity index (χ3v) is 3.73. The highest BCUT2D eigenvalue weighted by atomic mass is 35.5. The molecule has 0 aliphatic rings. The van der Waals surface area contributed by atoms with E-state index in [1.165, 1.54) is 17.5 Å². The Morgan fingerprint density at radius 2 is 1.95 bits per heavy atom. The molecule has 1 aromatic carbocycles. The fourth-order valence-electron chi connectivity index (χ4n) is 1.46. The van der Waals surface area contributed by atoms with E-state index in [1.54, 1.807) is 13.1 Å². The van der Waals surface area contributed by atoms with E-state index >= 15 is 0 Å². The second-order valence-corrected chi connectivity index (χ2v) is 6.84. The number of aryl methyl sites for hydroxylation is 1. The van der Waals surface area contributed by atoms with Crippen LogP contribution >= 0.6 is 22.9 Å². The van der Waals surface area contributed by atoms with Crippen LogP contribution in [0.4, 0.5) is 10.8 Å². The van der Waals surface area contributed by atoms with Gasteiger partial charge in [-0.15, -0.1) is 0 Å². The molecule has 0 radical (unpaired) electrons. The topological polar surface area (TPSA) is 54.0 Å². The minimum Gasteiger partial charge on any atom is -0.365 e. The second-order valence-electron chi connectivity index (χ2n) is 5.40. The number of carbonyl (C=O) groups excluding carboxylic acids is 1. The number of hydrogen-bond acceptors (Lipinski definition) is 4. The first-order chi connectivity index (χ1) is 10.3. The van der Waals surface area contributed by atoms with Crippen molar-refractivity contribution in [3.8, 4) is 0 Å².